The number of benzene rings is 1. The van der Waals surface area contributed by atoms with Gasteiger partial charge in [0.25, 0.3) is 0 Å². The molecule has 1 aromatic carbocycles. The lowest BCUT2D eigenvalue weighted by atomic mass is 10.1. The molecule has 3 aromatic rings. The second-order valence-corrected chi connectivity index (χ2v) is 5.78. The smallest absolute Gasteiger partial charge is 0.120 e. The van der Waals surface area contributed by atoms with E-state index >= 15 is 0 Å². The van der Waals surface area contributed by atoms with Crippen LogP contribution in [0.1, 0.15) is 23.6 Å². The number of hydrogen-bond donors (Lipinski definition) is 1. The van der Waals surface area contributed by atoms with Crippen molar-refractivity contribution in [1.82, 2.24) is 5.32 Å². The van der Waals surface area contributed by atoms with Gasteiger partial charge in [-0.25, -0.2) is 0 Å². The van der Waals surface area contributed by atoms with Crippen LogP contribution in [-0.2, 0) is 6.54 Å². The summed E-state index contributed by atoms with van der Waals surface area (Å²) < 4.78 is 5.40. The second-order valence-electron chi connectivity index (χ2n) is 4.79. The van der Waals surface area contributed by atoms with E-state index in [1.165, 1.54) is 16.0 Å². The Balaban J connectivity index is 1.63. The minimum absolute atomic E-state index is 0.229. The van der Waals surface area contributed by atoms with Crippen LogP contribution in [-0.4, -0.2) is 0 Å². The van der Waals surface area contributed by atoms with Gasteiger partial charge in [0.05, 0.1) is 12.3 Å². The highest BCUT2D eigenvalue weighted by Crippen LogP contribution is 2.25. The van der Waals surface area contributed by atoms with Gasteiger partial charge in [0.1, 0.15) is 5.76 Å². The Hall–Kier alpha value is -1.84. The molecule has 102 valence electrons. The molecule has 20 heavy (non-hydrogen) atoms. The molecule has 0 fully saturated rings. The predicted octanol–water partition coefficient (Wildman–Crippen LogP) is 4.86. The molecule has 2 aromatic heterocycles. The molecule has 2 nitrogen and oxygen atoms in total. The summed E-state index contributed by atoms with van der Waals surface area (Å²) in [6.07, 6.45) is 1.71. The summed E-state index contributed by atoms with van der Waals surface area (Å²) >= 11 is 1.79. The minimum Gasteiger partial charge on any atom is -0.468 e. The van der Waals surface area contributed by atoms with E-state index in [1.807, 2.05) is 18.2 Å². The highest BCUT2D eigenvalue weighted by Gasteiger charge is 2.08. The first-order chi connectivity index (χ1) is 9.83. The van der Waals surface area contributed by atoms with Crippen molar-refractivity contribution >= 4 is 11.3 Å². The summed E-state index contributed by atoms with van der Waals surface area (Å²) in [4.78, 5) is 1.34. The molecule has 2 heterocycles. The van der Waals surface area contributed by atoms with Gasteiger partial charge in [-0.1, -0.05) is 30.3 Å². The monoisotopic (exact) mass is 283 g/mol. The fourth-order valence-electron chi connectivity index (χ4n) is 2.15. The Morgan fingerprint density at radius 3 is 2.70 bits per heavy atom. The van der Waals surface area contributed by atoms with Gasteiger partial charge >= 0.3 is 0 Å². The van der Waals surface area contributed by atoms with Gasteiger partial charge in [0, 0.05) is 11.4 Å². The van der Waals surface area contributed by atoms with Gasteiger partial charge in [-0.3, -0.25) is 0 Å². The Morgan fingerprint density at radius 1 is 1.10 bits per heavy atom. The van der Waals surface area contributed by atoms with E-state index in [0.29, 0.717) is 0 Å². The van der Waals surface area contributed by atoms with Crippen molar-refractivity contribution in [2.75, 3.05) is 0 Å². The summed E-state index contributed by atoms with van der Waals surface area (Å²) in [5.74, 6) is 0.977. The minimum atomic E-state index is 0.229. The van der Waals surface area contributed by atoms with Crippen LogP contribution in [0, 0.1) is 0 Å². The van der Waals surface area contributed by atoms with Crippen molar-refractivity contribution in [3.63, 3.8) is 0 Å². The van der Waals surface area contributed by atoms with Crippen LogP contribution in [0.5, 0.6) is 0 Å². The molecule has 0 aliphatic heterocycles. The van der Waals surface area contributed by atoms with E-state index in [9.17, 15) is 0 Å². The molecule has 0 radical (unpaired) electrons. The van der Waals surface area contributed by atoms with E-state index in [0.717, 1.165) is 12.3 Å². The van der Waals surface area contributed by atoms with Crippen molar-refractivity contribution < 1.29 is 4.42 Å². The first kappa shape index (κ1) is 13.2. The molecule has 0 saturated heterocycles. The molecule has 1 N–H and O–H groups in total. The lowest BCUT2D eigenvalue weighted by Crippen LogP contribution is -2.16. The molecule has 0 amide bonds. The van der Waals surface area contributed by atoms with Crippen LogP contribution in [0.4, 0.5) is 0 Å². The number of nitrogens with one attached hydrogen (secondary N) is 1. The molecule has 3 heteroatoms. The highest BCUT2D eigenvalue weighted by atomic mass is 32.1. The van der Waals surface area contributed by atoms with Gasteiger partial charge in [0.2, 0.25) is 0 Å². The summed E-state index contributed by atoms with van der Waals surface area (Å²) in [5.41, 5.74) is 2.56. The topological polar surface area (TPSA) is 25.2 Å². The third-order valence-corrected chi connectivity index (χ3v) is 4.25. The van der Waals surface area contributed by atoms with Crippen LogP contribution in [0.2, 0.25) is 0 Å². The van der Waals surface area contributed by atoms with Crippen molar-refractivity contribution in [2.24, 2.45) is 0 Å². The molecule has 1 atom stereocenters. The average Bonchev–Trinajstić information content (AvgIpc) is 3.17. The van der Waals surface area contributed by atoms with Gasteiger partial charge in [0.15, 0.2) is 0 Å². The molecule has 1 unspecified atom stereocenters. The fraction of sp³-hybridized carbons (Fsp3) is 0.176. The average molecular weight is 283 g/mol. The van der Waals surface area contributed by atoms with Gasteiger partial charge in [-0.15, -0.1) is 11.3 Å². The quantitative estimate of drug-likeness (QED) is 0.723. The Labute approximate surface area is 123 Å². The van der Waals surface area contributed by atoms with Crippen molar-refractivity contribution in [3.8, 4) is 11.1 Å². The zero-order valence-electron chi connectivity index (χ0n) is 11.4. The predicted molar refractivity (Wildman–Crippen MR) is 83.7 cm³/mol. The highest BCUT2D eigenvalue weighted by molar-refractivity contribution is 7.10. The fourth-order valence-corrected chi connectivity index (χ4v) is 2.99. The van der Waals surface area contributed by atoms with Crippen LogP contribution in [0.3, 0.4) is 0 Å². The van der Waals surface area contributed by atoms with Crippen molar-refractivity contribution in [2.45, 2.75) is 19.5 Å². The first-order valence-corrected chi connectivity index (χ1v) is 7.60. The zero-order chi connectivity index (χ0) is 13.8. The van der Waals surface area contributed by atoms with Crippen molar-refractivity contribution in [3.05, 3.63) is 70.8 Å². The van der Waals surface area contributed by atoms with Gasteiger partial charge in [-0.2, -0.15) is 0 Å². The lowest BCUT2D eigenvalue weighted by molar-refractivity contribution is 0.431. The van der Waals surface area contributed by atoms with Crippen LogP contribution in [0.15, 0.2) is 64.6 Å². The lowest BCUT2D eigenvalue weighted by Gasteiger charge is -2.09. The Morgan fingerprint density at radius 2 is 1.95 bits per heavy atom. The van der Waals surface area contributed by atoms with E-state index < -0.39 is 0 Å². The largest absolute Gasteiger partial charge is 0.468 e. The number of furan rings is 1. The van der Waals surface area contributed by atoms with Crippen LogP contribution >= 0.6 is 11.3 Å². The standard InChI is InChI=1S/C17H17NOS/c1-13(17-8-5-9-19-17)18-11-16-10-15(12-20-16)14-6-3-2-4-7-14/h2-10,12-13,18H,11H2,1H3. The SMILES string of the molecule is CC(NCc1cc(-c2ccccc2)cs1)c1ccco1. The third kappa shape index (κ3) is 3.00. The Kier molecular flexibility index (Phi) is 4.00. The first-order valence-electron chi connectivity index (χ1n) is 6.72. The van der Waals surface area contributed by atoms with Crippen LogP contribution < -0.4 is 5.32 Å². The maximum Gasteiger partial charge on any atom is 0.120 e. The maximum atomic E-state index is 5.40. The summed E-state index contributed by atoms with van der Waals surface area (Å²) in [7, 11) is 0. The van der Waals surface area contributed by atoms with Crippen molar-refractivity contribution in [1.29, 1.82) is 0 Å². The number of hydrogen-bond acceptors (Lipinski definition) is 3. The van der Waals surface area contributed by atoms with E-state index in [2.05, 4.69) is 48.0 Å². The normalized spacial score (nSPS) is 12.4. The molecule has 0 bridgehead atoms. The molecular formula is C17H17NOS. The molecular weight excluding hydrogens is 266 g/mol. The molecule has 3 rings (SSSR count). The number of rotatable bonds is 5. The van der Waals surface area contributed by atoms with E-state index in [1.54, 1.807) is 17.6 Å². The third-order valence-electron chi connectivity index (χ3n) is 3.31. The van der Waals surface area contributed by atoms with E-state index in [-0.39, 0.29) is 6.04 Å². The molecule has 0 aliphatic rings. The second kappa shape index (κ2) is 6.07. The maximum absolute atomic E-state index is 5.40. The van der Waals surface area contributed by atoms with Crippen LogP contribution in [0.25, 0.3) is 11.1 Å². The Bertz CT molecular complexity index is 643. The molecule has 0 spiro atoms. The number of thiophene rings is 1. The zero-order valence-corrected chi connectivity index (χ0v) is 12.2. The molecule has 0 aliphatic carbocycles. The van der Waals surface area contributed by atoms with E-state index in [4.69, 9.17) is 4.42 Å². The molecule has 0 saturated carbocycles. The summed E-state index contributed by atoms with van der Waals surface area (Å²) in [6.45, 7) is 2.98. The summed E-state index contributed by atoms with van der Waals surface area (Å²) in [5, 5.41) is 5.69. The van der Waals surface area contributed by atoms with Gasteiger partial charge < -0.3 is 9.73 Å². The summed E-state index contributed by atoms with van der Waals surface area (Å²) in [6, 6.07) is 16.9. The van der Waals surface area contributed by atoms with Gasteiger partial charge in [-0.05, 0) is 41.6 Å².